The van der Waals surface area contributed by atoms with E-state index in [-0.39, 0.29) is 65.2 Å². The third kappa shape index (κ3) is 26.7. The lowest BCUT2D eigenvalue weighted by Gasteiger charge is -2.35. The molecule has 0 saturated carbocycles. The van der Waals surface area contributed by atoms with Crippen molar-refractivity contribution < 1.29 is 52.9 Å². The Balaban J connectivity index is 2.69. The molecule has 0 aromatic rings. The van der Waals surface area contributed by atoms with Gasteiger partial charge in [0.1, 0.15) is 13.2 Å². The molecule has 1 aliphatic heterocycles. The van der Waals surface area contributed by atoms with Gasteiger partial charge in [-0.25, -0.2) is 0 Å². The predicted molar refractivity (Wildman–Crippen MR) is 199 cm³/mol. The van der Waals surface area contributed by atoms with Gasteiger partial charge in [0.2, 0.25) is 0 Å². The molecule has 15 heteroatoms. The van der Waals surface area contributed by atoms with Crippen LogP contribution >= 0.6 is 7.60 Å². The SMILES string of the molecule is C[N+](C)(C)CCOP(=O)(CC1CN(CC(=O)O)CCN(CC(=O)O)CCN1CC(=O)O)OCCCCCCCCCCCCCCCCCCO. The smallest absolute Gasteiger partial charge is 0.332 e. The number of hydrogen-bond donors (Lipinski definition) is 4. The number of nitrogens with zero attached hydrogens (tertiary/aromatic N) is 4. The average Bonchev–Trinajstić information content (AvgIpc) is 3.09. The van der Waals surface area contributed by atoms with Crippen LogP contribution in [0.5, 0.6) is 0 Å². The van der Waals surface area contributed by atoms with Gasteiger partial charge in [0.15, 0.2) is 0 Å². The Labute approximate surface area is 307 Å². The van der Waals surface area contributed by atoms with Crippen molar-refractivity contribution in [2.45, 2.75) is 109 Å². The molecule has 0 aromatic heterocycles. The summed E-state index contributed by atoms with van der Waals surface area (Å²) in [5.41, 5.74) is 0. The number of quaternary nitrogens is 1. The van der Waals surface area contributed by atoms with Crippen molar-refractivity contribution in [3.05, 3.63) is 0 Å². The van der Waals surface area contributed by atoms with E-state index in [1.54, 1.807) is 14.7 Å². The highest BCUT2D eigenvalue weighted by atomic mass is 31.2. The molecule has 0 spiro atoms. The van der Waals surface area contributed by atoms with Gasteiger partial charge in [-0.1, -0.05) is 89.9 Å². The molecule has 4 N–H and O–H groups in total. The highest BCUT2D eigenvalue weighted by molar-refractivity contribution is 7.53. The molecule has 0 aromatic carbocycles. The van der Waals surface area contributed by atoms with Crippen LogP contribution in [0.25, 0.3) is 0 Å². The van der Waals surface area contributed by atoms with Crippen LogP contribution in [-0.2, 0) is 28.0 Å². The molecule has 2 unspecified atom stereocenters. The fourth-order valence-corrected chi connectivity index (χ4v) is 8.25. The Hall–Kier alpha value is -1.64. The van der Waals surface area contributed by atoms with Crippen LogP contribution in [0, 0.1) is 0 Å². The zero-order valence-electron chi connectivity index (χ0n) is 32.1. The lowest BCUT2D eigenvalue weighted by atomic mass is 10.0. The number of unbranched alkanes of at least 4 members (excludes halogenated alkanes) is 15. The summed E-state index contributed by atoms with van der Waals surface area (Å²) in [6.07, 6.45) is 18.6. The molecule has 14 nitrogen and oxygen atoms in total. The van der Waals surface area contributed by atoms with Gasteiger partial charge in [0.25, 0.3) is 0 Å². The number of likely N-dealkylation sites (N-methyl/N-ethyl adjacent to an activating group) is 1. The highest BCUT2D eigenvalue weighted by Gasteiger charge is 2.36. The summed E-state index contributed by atoms with van der Waals surface area (Å²) >= 11 is 0. The maximum absolute atomic E-state index is 14.3. The molecule has 2 atom stereocenters. The van der Waals surface area contributed by atoms with E-state index in [0.29, 0.717) is 24.2 Å². The lowest BCUT2D eigenvalue weighted by molar-refractivity contribution is -0.870. The van der Waals surface area contributed by atoms with Crippen LogP contribution in [0.4, 0.5) is 0 Å². The first-order chi connectivity index (χ1) is 24.2. The van der Waals surface area contributed by atoms with Gasteiger partial charge in [0, 0.05) is 45.4 Å². The van der Waals surface area contributed by atoms with Crippen molar-refractivity contribution in [2.24, 2.45) is 0 Å². The molecule has 1 heterocycles. The van der Waals surface area contributed by atoms with Crippen molar-refractivity contribution in [1.82, 2.24) is 14.7 Å². The van der Waals surface area contributed by atoms with E-state index >= 15 is 0 Å². The number of carboxylic acid groups (broad SMARTS) is 3. The molecular weight excluding hydrogens is 679 g/mol. The summed E-state index contributed by atoms with van der Waals surface area (Å²) in [7, 11) is 2.27. The van der Waals surface area contributed by atoms with Crippen LogP contribution in [-0.4, -0.2) is 170 Å². The molecule has 1 fully saturated rings. The van der Waals surface area contributed by atoms with Gasteiger partial charge in [-0.05, 0) is 12.8 Å². The number of rotatable bonds is 31. The minimum absolute atomic E-state index is 0.100. The van der Waals surface area contributed by atoms with E-state index in [4.69, 9.17) is 14.2 Å². The fourth-order valence-electron chi connectivity index (χ4n) is 6.34. The van der Waals surface area contributed by atoms with Crippen LogP contribution in [0.15, 0.2) is 0 Å². The summed E-state index contributed by atoms with van der Waals surface area (Å²) in [6.45, 7) is 1.53. The first-order valence-electron chi connectivity index (χ1n) is 19.4. The van der Waals surface area contributed by atoms with E-state index in [0.717, 1.165) is 38.5 Å². The van der Waals surface area contributed by atoms with Gasteiger partial charge in [-0.2, -0.15) is 0 Å². The minimum Gasteiger partial charge on any atom is -0.480 e. The predicted octanol–water partition coefficient (Wildman–Crippen LogP) is 4.69. The minimum atomic E-state index is -3.73. The Kier molecular flexibility index (Phi) is 25.9. The molecule has 1 aliphatic rings. The van der Waals surface area contributed by atoms with Gasteiger partial charge in [0.05, 0.1) is 53.5 Å². The monoisotopic (exact) mass is 751 g/mol. The van der Waals surface area contributed by atoms with Crippen LogP contribution in [0.3, 0.4) is 0 Å². The third-order valence-electron chi connectivity index (χ3n) is 9.30. The van der Waals surface area contributed by atoms with Crippen LogP contribution < -0.4 is 0 Å². The number of carbonyl (C=O) groups is 3. The van der Waals surface area contributed by atoms with Gasteiger partial charge >= 0.3 is 25.5 Å². The van der Waals surface area contributed by atoms with Crippen molar-refractivity contribution in [1.29, 1.82) is 0 Å². The zero-order valence-corrected chi connectivity index (χ0v) is 33.0. The lowest BCUT2D eigenvalue weighted by Crippen LogP contribution is -2.49. The molecule has 1 saturated heterocycles. The summed E-state index contributed by atoms with van der Waals surface area (Å²) < 4.78 is 27.0. The van der Waals surface area contributed by atoms with Gasteiger partial charge in [-0.15, -0.1) is 0 Å². The van der Waals surface area contributed by atoms with Gasteiger partial charge in [-0.3, -0.25) is 33.6 Å². The number of carboxylic acids is 3. The van der Waals surface area contributed by atoms with Gasteiger partial charge < -0.3 is 34.0 Å². The molecule has 51 heavy (non-hydrogen) atoms. The summed E-state index contributed by atoms with van der Waals surface area (Å²) in [5, 5.41) is 37.5. The van der Waals surface area contributed by atoms with E-state index < -0.39 is 31.5 Å². The quantitative estimate of drug-likeness (QED) is 0.0436. The summed E-state index contributed by atoms with van der Waals surface area (Å²) in [6, 6.07) is -0.650. The van der Waals surface area contributed by atoms with Crippen molar-refractivity contribution in [2.75, 3.05) is 106 Å². The van der Waals surface area contributed by atoms with Crippen molar-refractivity contribution >= 4 is 25.5 Å². The van der Waals surface area contributed by atoms with E-state index in [9.17, 15) is 34.3 Å². The van der Waals surface area contributed by atoms with Crippen LogP contribution in [0.1, 0.15) is 103 Å². The second kappa shape index (κ2) is 27.9. The average molecular weight is 752 g/mol. The molecule has 0 bridgehead atoms. The summed E-state index contributed by atoms with van der Waals surface area (Å²) in [4.78, 5) is 40.0. The Bertz CT molecular complexity index is 1000. The number of aliphatic carboxylic acids is 3. The second-order valence-electron chi connectivity index (χ2n) is 15.2. The maximum Gasteiger partial charge on any atom is 0.332 e. The Morgan fingerprint density at radius 2 is 1.02 bits per heavy atom. The summed E-state index contributed by atoms with van der Waals surface area (Å²) in [5.74, 6) is -3.18. The number of aliphatic hydroxyl groups is 1. The Morgan fingerprint density at radius 3 is 1.49 bits per heavy atom. The molecule has 0 radical (unpaired) electrons. The third-order valence-corrected chi connectivity index (χ3v) is 11.3. The normalized spacial score (nSPS) is 18.2. The fraction of sp³-hybridized carbons (Fsp3) is 0.917. The standard InChI is InChI=1S/C36H71N4O10P/c1-40(2,3)24-27-50-51(48,49-26-19-17-15-13-11-9-7-5-4-6-8-10-12-14-16-18-25-41)32-33-28-38(30-35(44)45)21-20-37(29-34(42)43)22-23-39(33)31-36(46)47/h33,41H,4-32H2,1-3H3,(H2-,42,43,44,45,46,47)/p+1. The largest absolute Gasteiger partial charge is 0.480 e. The molecule has 1 rings (SSSR count). The molecule has 300 valence electrons. The topological polar surface area (TPSA) is 177 Å². The second-order valence-corrected chi connectivity index (χ2v) is 17.3. The molecule has 0 amide bonds. The molecule has 0 aliphatic carbocycles. The molecular formula is C36H72N4O10P+. The van der Waals surface area contributed by atoms with E-state index in [2.05, 4.69) is 0 Å². The van der Waals surface area contributed by atoms with Crippen molar-refractivity contribution in [3.8, 4) is 0 Å². The van der Waals surface area contributed by atoms with Crippen molar-refractivity contribution in [3.63, 3.8) is 0 Å². The Morgan fingerprint density at radius 1 is 0.608 bits per heavy atom. The first-order valence-corrected chi connectivity index (χ1v) is 21.1. The number of hydrogen-bond acceptors (Lipinski definition) is 10. The zero-order chi connectivity index (χ0) is 38.0. The first kappa shape index (κ1) is 47.4. The van der Waals surface area contributed by atoms with E-state index in [1.807, 2.05) is 21.1 Å². The number of aliphatic hydroxyl groups excluding tert-OH is 1. The maximum atomic E-state index is 14.3. The van der Waals surface area contributed by atoms with E-state index in [1.165, 1.54) is 64.2 Å². The van der Waals surface area contributed by atoms with Crippen LogP contribution in [0.2, 0.25) is 0 Å². The highest BCUT2D eigenvalue weighted by Crippen LogP contribution is 2.49.